The van der Waals surface area contributed by atoms with Crippen molar-refractivity contribution in [3.63, 3.8) is 0 Å². The first-order valence-electron chi connectivity index (χ1n) is 13.7. The Hall–Kier alpha value is -5.07. The molecule has 0 saturated heterocycles. The molecule has 0 amide bonds. The average Bonchev–Trinajstić information content (AvgIpc) is 3.56. The van der Waals surface area contributed by atoms with Crippen molar-refractivity contribution in [3.05, 3.63) is 148 Å². The van der Waals surface area contributed by atoms with Gasteiger partial charge in [0.2, 0.25) is 5.78 Å². The maximum atomic E-state index is 13.8. The largest absolute Gasteiger partial charge is 0.462 e. The highest BCUT2D eigenvalue weighted by Crippen LogP contribution is 2.43. The van der Waals surface area contributed by atoms with E-state index in [0.717, 1.165) is 39.5 Å². The monoisotopic (exact) mass is 568 g/mol. The highest BCUT2D eigenvalue weighted by atomic mass is 32.2. The van der Waals surface area contributed by atoms with Gasteiger partial charge in [0, 0.05) is 16.9 Å². The first-order chi connectivity index (χ1) is 20.6. The van der Waals surface area contributed by atoms with Crippen molar-refractivity contribution in [2.75, 3.05) is 11.9 Å². The molecule has 0 fully saturated rings. The number of rotatable bonds is 8. The molecule has 5 aromatic rings. The third-order valence-electron chi connectivity index (χ3n) is 6.85. The van der Waals surface area contributed by atoms with E-state index in [1.807, 2.05) is 91.0 Å². The molecule has 0 spiro atoms. The van der Waals surface area contributed by atoms with Gasteiger partial charge in [0.25, 0.3) is 0 Å². The molecule has 6 heteroatoms. The van der Waals surface area contributed by atoms with Crippen LogP contribution in [0.4, 0.5) is 5.69 Å². The number of nitrogens with one attached hydrogen (secondary N) is 1. The van der Waals surface area contributed by atoms with E-state index in [4.69, 9.17) is 4.74 Å². The average molecular weight is 569 g/mol. The van der Waals surface area contributed by atoms with Gasteiger partial charge >= 0.3 is 5.97 Å². The van der Waals surface area contributed by atoms with Gasteiger partial charge in [-0.15, -0.1) is 0 Å². The summed E-state index contributed by atoms with van der Waals surface area (Å²) >= 11 is 1.25. The van der Waals surface area contributed by atoms with E-state index >= 15 is 0 Å². The lowest BCUT2D eigenvalue weighted by Gasteiger charge is -2.15. The minimum absolute atomic E-state index is 0.0176. The number of anilines is 1. The van der Waals surface area contributed by atoms with Crippen molar-refractivity contribution >= 4 is 35.3 Å². The van der Waals surface area contributed by atoms with Crippen LogP contribution in [0, 0.1) is 0 Å². The zero-order valence-corrected chi connectivity index (χ0v) is 23.8. The smallest absolute Gasteiger partial charge is 0.344 e. The molecule has 0 bridgehead atoms. The fourth-order valence-electron chi connectivity index (χ4n) is 5.00. The molecule has 1 aliphatic rings. The number of benzene rings is 4. The lowest BCUT2D eigenvalue weighted by Crippen LogP contribution is -2.16. The molecule has 0 aliphatic carbocycles. The predicted molar refractivity (Wildman–Crippen MR) is 171 cm³/mol. The number of carbonyl (C=O) groups is 2. The molecular weight excluding hydrogens is 540 g/mol. The third kappa shape index (κ3) is 5.45. The molecule has 1 aromatic heterocycles. The number of ether oxygens (including phenoxy) is 1. The van der Waals surface area contributed by atoms with Crippen LogP contribution in [-0.4, -0.2) is 22.9 Å². The normalized spacial score (nSPS) is 13.9. The lowest BCUT2D eigenvalue weighted by molar-refractivity contribution is -0.139. The van der Waals surface area contributed by atoms with Crippen molar-refractivity contribution in [2.24, 2.45) is 0 Å². The number of esters is 1. The summed E-state index contributed by atoms with van der Waals surface area (Å²) in [6.45, 7) is 1.91. The summed E-state index contributed by atoms with van der Waals surface area (Å²) in [7, 11) is 0. The van der Waals surface area contributed by atoms with Crippen LogP contribution in [0.25, 0.3) is 34.3 Å². The van der Waals surface area contributed by atoms with Gasteiger partial charge < -0.3 is 14.6 Å². The number of carbonyl (C=O) groups excluding carboxylic acids is 2. The fourth-order valence-corrected chi connectivity index (χ4v) is 6.04. The second-order valence-electron chi connectivity index (χ2n) is 9.59. The minimum Gasteiger partial charge on any atom is -0.462 e. The standard InChI is InChI=1S/C36H28N2O3S/c1-2-41-36(40)32-34(39)31(42-35(32)37-28-19-11-5-12-20-28)24-27-23-30(25-15-7-3-8-16-25)38(29-21-13-6-14-22-29)33(27)26-17-9-4-10-18-26/h3-24,37H,2H2,1H3/b31-24-. The third-order valence-corrected chi connectivity index (χ3v) is 7.88. The Labute approximate surface area is 249 Å². The van der Waals surface area contributed by atoms with Crippen LogP contribution in [0.3, 0.4) is 0 Å². The zero-order chi connectivity index (χ0) is 28.9. The van der Waals surface area contributed by atoms with Gasteiger partial charge in [-0.2, -0.15) is 0 Å². The van der Waals surface area contributed by atoms with Crippen LogP contribution in [0.2, 0.25) is 0 Å². The summed E-state index contributed by atoms with van der Waals surface area (Å²) in [6, 6.07) is 42.1. The molecule has 2 heterocycles. The van der Waals surface area contributed by atoms with E-state index in [9.17, 15) is 9.59 Å². The lowest BCUT2D eigenvalue weighted by atomic mass is 10.1. The van der Waals surface area contributed by atoms with Crippen LogP contribution >= 0.6 is 11.8 Å². The summed E-state index contributed by atoms with van der Waals surface area (Å²) in [5, 5.41) is 3.73. The number of allylic oxidation sites excluding steroid dienone is 1. The van der Waals surface area contributed by atoms with Crippen molar-refractivity contribution in [3.8, 4) is 28.2 Å². The van der Waals surface area contributed by atoms with Gasteiger partial charge in [-0.1, -0.05) is 109 Å². The Morgan fingerprint density at radius 2 is 1.38 bits per heavy atom. The Balaban J connectivity index is 1.53. The van der Waals surface area contributed by atoms with Crippen molar-refractivity contribution in [2.45, 2.75) is 6.92 Å². The van der Waals surface area contributed by atoms with Gasteiger partial charge in [0.1, 0.15) is 5.57 Å². The molecule has 6 rings (SSSR count). The van der Waals surface area contributed by atoms with E-state index in [1.54, 1.807) is 6.92 Å². The molecule has 4 aromatic carbocycles. The molecule has 1 aliphatic heterocycles. The number of ketones is 1. The highest BCUT2D eigenvalue weighted by Gasteiger charge is 2.36. The molecule has 0 saturated carbocycles. The second-order valence-corrected chi connectivity index (χ2v) is 10.6. The van der Waals surface area contributed by atoms with Crippen molar-refractivity contribution in [1.29, 1.82) is 0 Å². The highest BCUT2D eigenvalue weighted by molar-refractivity contribution is 8.08. The molecule has 0 unspecified atom stereocenters. The molecule has 0 radical (unpaired) electrons. The van der Waals surface area contributed by atoms with Gasteiger partial charge in [-0.05, 0) is 54.5 Å². The first kappa shape index (κ1) is 27.1. The number of nitrogens with zero attached hydrogens (tertiary/aromatic N) is 1. The summed E-state index contributed by atoms with van der Waals surface area (Å²) in [5.74, 6) is -0.989. The van der Waals surface area contributed by atoms with E-state index in [2.05, 4.69) is 52.3 Å². The number of para-hydroxylation sites is 2. The molecule has 0 atom stereocenters. The van der Waals surface area contributed by atoms with E-state index < -0.39 is 5.97 Å². The molecular formula is C36H28N2O3S. The number of hydrogen-bond acceptors (Lipinski definition) is 5. The van der Waals surface area contributed by atoms with Gasteiger partial charge in [-0.25, -0.2) is 4.79 Å². The summed E-state index contributed by atoms with van der Waals surface area (Å²) in [6.07, 6.45) is 1.89. The van der Waals surface area contributed by atoms with Gasteiger partial charge in [0.15, 0.2) is 0 Å². The Morgan fingerprint density at radius 1 is 0.810 bits per heavy atom. The van der Waals surface area contributed by atoms with E-state index in [-0.39, 0.29) is 18.0 Å². The van der Waals surface area contributed by atoms with E-state index in [1.165, 1.54) is 11.8 Å². The van der Waals surface area contributed by atoms with Crippen LogP contribution in [0.1, 0.15) is 12.5 Å². The van der Waals surface area contributed by atoms with Gasteiger partial charge in [0.05, 0.1) is 27.9 Å². The Morgan fingerprint density at radius 3 is 2.00 bits per heavy atom. The topological polar surface area (TPSA) is 60.3 Å². The minimum atomic E-state index is -0.632. The molecule has 1 N–H and O–H groups in total. The number of aromatic nitrogens is 1. The predicted octanol–water partition coefficient (Wildman–Crippen LogP) is 8.35. The number of Topliss-reactive ketones (excluding diaryl/α,β-unsaturated/α-hetero) is 1. The second kappa shape index (κ2) is 12.2. The quantitative estimate of drug-likeness (QED) is 0.116. The summed E-state index contributed by atoms with van der Waals surface area (Å²) in [4.78, 5) is 27.2. The zero-order valence-electron chi connectivity index (χ0n) is 23.0. The van der Waals surface area contributed by atoms with E-state index in [0.29, 0.717) is 9.93 Å². The maximum absolute atomic E-state index is 13.8. The Bertz CT molecular complexity index is 1790. The van der Waals surface area contributed by atoms with Crippen molar-refractivity contribution in [1.82, 2.24) is 4.57 Å². The number of thioether (sulfide) groups is 1. The van der Waals surface area contributed by atoms with Crippen LogP contribution < -0.4 is 5.32 Å². The maximum Gasteiger partial charge on any atom is 0.344 e. The molecule has 42 heavy (non-hydrogen) atoms. The molecule has 5 nitrogen and oxygen atoms in total. The summed E-state index contributed by atoms with van der Waals surface area (Å²) in [5.41, 5.74) is 6.66. The fraction of sp³-hybridized carbons (Fsp3) is 0.0556. The summed E-state index contributed by atoms with van der Waals surface area (Å²) < 4.78 is 7.52. The first-order valence-corrected chi connectivity index (χ1v) is 14.6. The Kier molecular flexibility index (Phi) is 7.88. The van der Waals surface area contributed by atoms with Crippen LogP contribution in [-0.2, 0) is 14.3 Å². The van der Waals surface area contributed by atoms with Crippen LogP contribution in [0.15, 0.2) is 143 Å². The van der Waals surface area contributed by atoms with Crippen LogP contribution in [0.5, 0.6) is 0 Å². The number of hydrogen-bond donors (Lipinski definition) is 1. The molecule has 206 valence electrons. The van der Waals surface area contributed by atoms with Gasteiger partial charge in [-0.3, -0.25) is 4.79 Å². The van der Waals surface area contributed by atoms with Crippen molar-refractivity contribution < 1.29 is 14.3 Å². The SMILES string of the molecule is CCOC(=O)C1=C(Nc2ccccc2)S/C(=C\c2cc(-c3ccccc3)n(-c3ccccc3)c2-c2ccccc2)C1=O.